The zero-order chi connectivity index (χ0) is 9.52. The van der Waals surface area contributed by atoms with Crippen LogP contribution in [0.3, 0.4) is 0 Å². The van der Waals surface area contributed by atoms with Crippen LogP contribution >= 0.6 is 35.7 Å². The van der Waals surface area contributed by atoms with Crippen LogP contribution < -0.4 is 11.1 Å². The van der Waals surface area contributed by atoms with Crippen molar-refractivity contribution in [2.24, 2.45) is 10.7 Å². The summed E-state index contributed by atoms with van der Waals surface area (Å²) >= 11 is 1.89. The standard InChI is InChI=1S/C9H19N3S.HI/c1-13-7-3-2-6-11-9(10)12-8-4-5-8;/h8H,2-7H2,1H3,(H3,10,11,12);1H. The Morgan fingerprint density at radius 2 is 2.21 bits per heavy atom. The monoisotopic (exact) mass is 329 g/mol. The molecule has 14 heavy (non-hydrogen) atoms. The second-order valence-corrected chi connectivity index (χ2v) is 4.37. The quantitative estimate of drug-likeness (QED) is 0.338. The van der Waals surface area contributed by atoms with E-state index >= 15 is 0 Å². The van der Waals surface area contributed by atoms with Crippen molar-refractivity contribution in [1.82, 2.24) is 5.32 Å². The second-order valence-electron chi connectivity index (χ2n) is 3.39. The van der Waals surface area contributed by atoms with Crippen molar-refractivity contribution in [3.8, 4) is 0 Å². The molecular formula is C9H20IN3S. The van der Waals surface area contributed by atoms with Gasteiger partial charge in [0.15, 0.2) is 5.96 Å². The summed E-state index contributed by atoms with van der Waals surface area (Å²) in [6.07, 6.45) is 7.02. The van der Waals surface area contributed by atoms with Gasteiger partial charge >= 0.3 is 0 Å². The molecule has 0 amide bonds. The molecule has 5 heteroatoms. The van der Waals surface area contributed by atoms with Crippen LogP contribution in [-0.4, -0.2) is 30.6 Å². The fourth-order valence-electron chi connectivity index (χ4n) is 1.04. The summed E-state index contributed by atoms with van der Waals surface area (Å²) in [5.41, 5.74) is 5.66. The van der Waals surface area contributed by atoms with Crippen LogP contribution in [0.4, 0.5) is 0 Å². The van der Waals surface area contributed by atoms with Gasteiger partial charge in [-0.2, -0.15) is 11.8 Å². The zero-order valence-electron chi connectivity index (χ0n) is 8.66. The predicted octanol–water partition coefficient (Wildman–Crippen LogP) is 1.81. The lowest BCUT2D eigenvalue weighted by atomic mass is 10.3. The molecule has 3 nitrogen and oxygen atoms in total. The van der Waals surface area contributed by atoms with Gasteiger partial charge in [-0.15, -0.1) is 24.0 Å². The number of nitrogens with zero attached hydrogens (tertiary/aromatic N) is 1. The van der Waals surface area contributed by atoms with E-state index in [1.807, 2.05) is 11.8 Å². The first kappa shape index (κ1) is 14.3. The van der Waals surface area contributed by atoms with Gasteiger partial charge in [0.2, 0.25) is 0 Å². The number of hydrogen-bond acceptors (Lipinski definition) is 2. The smallest absolute Gasteiger partial charge is 0.188 e. The molecule has 0 aromatic rings. The van der Waals surface area contributed by atoms with Crippen LogP contribution in [0, 0.1) is 0 Å². The molecule has 1 rings (SSSR count). The third kappa shape index (κ3) is 7.73. The van der Waals surface area contributed by atoms with E-state index in [0.29, 0.717) is 12.0 Å². The Balaban J connectivity index is 0.00000169. The van der Waals surface area contributed by atoms with Crippen molar-refractivity contribution in [1.29, 1.82) is 0 Å². The average molecular weight is 329 g/mol. The van der Waals surface area contributed by atoms with Crippen molar-refractivity contribution in [3.63, 3.8) is 0 Å². The molecule has 0 radical (unpaired) electrons. The molecule has 0 aromatic carbocycles. The summed E-state index contributed by atoms with van der Waals surface area (Å²) in [4.78, 5) is 4.25. The van der Waals surface area contributed by atoms with Gasteiger partial charge in [0, 0.05) is 12.6 Å². The second kappa shape index (κ2) is 8.64. The third-order valence-electron chi connectivity index (χ3n) is 1.97. The van der Waals surface area contributed by atoms with Gasteiger partial charge in [0.25, 0.3) is 0 Å². The molecule has 84 valence electrons. The molecule has 1 saturated carbocycles. The number of nitrogens with one attached hydrogen (secondary N) is 1. The Morgan fingerprint density at radius 3 is 2.79 bits per heavy atom. The zero-order valence-corrected chi connectivity index (χ0v) is 11.8. The summed E-state index contributed by atoms with van der Waals surface area (Å²) in [5, 5.41) is 3.17. The Morgan fingerprint density at radius 1 is 1.50 bits per heavy atom. The summed E-state index contributed by atoms with van der Waals surface area (Å²) in [5.74, 6) is 1.86. The van der Waals surface area contributed by atoms with E-state index in [0.717, 1.165) is 13.0 Å². The maximum atomic E-state index is 5.66. The summed E-state index contributed by atoms with van der Waals surface area (Å²) in [7, 11) is 0. The van der Waals surface area contributed by atoms with Crippen molar-refractivity contribution < 1.29 is 0 Å². The lowest BCUT2D eigenvalue weighted by molar-refractivity contribution is 0.800. The highest BCUT2D eigenvalue weighted by Crippen LogP contribution is 2.17. The molecule has 3 N–H and O–H groups in total. The van der Waals surface area contributed by atoms with Gasteiger partial charge in [-0.1, -0.05) is 0 Å². The number of hydrogen-bond donors (Lipinski definition) is 2. The molecule has 0 spiro atoms. The fourth-order valence-corrected chi connectivity index (χ4v) is 1.53. The number of aliphatic imine (C=N–C) groups is 1. The third-order valence-corrected chi connectivity index (χ3v) is 2.67. The highest BCUT2D eigenvalue weighted by molar-refractivity contribution is 14.0. The SMILES string of the molecule is CSCCCCN=C(N)NC1CC1.I. The fraction of sp³-hybridized carbons (Fsp3) is 0.889. The topological polar surface area (TPSA) is 50.4 Å². The van der Waals surface area contributed by atoms with Crippen molar-refractivity contribution in [3.05, 3.63) is 0 Å². The number of guanidine groups is 1. The average Bonchev–Trinajstić information content (AvgIpc) is 2.88. The van der Waals surface area contributed by atoms with Gasteiger partial charge in [-0.3, -0.25) is 4.99 Å². The van der Waals surface area contributed by atoms with Crippen LogP contribution in [-0.2, 0) is 0 Å². The molecule has 1 aliphatic carbocycles. The molecule has 0 aliphatic heterocycles. The number of halogens is 1. The Bertz CT molecular complexity index is 171. The summed E-state index contributed by atoms with van der Waals surface area (Å²) < 4.78 is 0. The summed E-state index contributed by atoms with van der Waals surface area (Å²) in [6.45, 7) is 0.867. The molecule has 0 unspecified atom stereocenters. The Kier molecular flexibility index (Phi) is 8.86. The van der Waals surface area contributed by atoms with E-state index in [1.165, 1.54) is 25.0 Å². The minimum Gasteiger partial charge on any atom is -0.370 e. The number of thioether (sulfide) groups is 1. The van der Waals surface area contributed by atoms with Crippen molar-refractivity contribution >= 4 is 41.7 Å². The van der Waals surface area contributed by atoms with E-state index in [9.17, 15) is 0 Å². The molecule has 1 aliphatic rings. The minimum absolute atomic E-state index is 0. The maximum Gasteiger partial charge on any atom is 0.188 e. The minimum atomic E-state index is 0. The molecule has 0 atom stereocenters. The van der Waals surface area contributed by atoms with Crippen molar-refractivity contribution in [2.75, 3.05) is 18.6 Å². The molecule has 0 aromatic heterocycles. The largest absolute Gasteiger partial charge is 0.370 e. The van der Waals surface area contributed by atoms with E-state index in [4.69, 9.17) is 5.73 Å². The van der Waals surface area contributed by atoms with E-state index in [2.05, 4.69) is 16.6 Å². The number of rotatable bonds is 6. The predicted molar refractivity (Wildman–Crippen MR) is 75.7 cm³/mol. The molecule has 0 saturated heterocycles. The van der Waals surface area contributed by atoms with Crippen LogP contribution in [0.15, 0.2) is 4.99 Å². The van der Waals surface area contributed by atoms with E-state index < -0.39 is 0 Å². The van der Waals surface area contributed by atoms with Crippen LogP contribution in [0.1, 0.15) is 25.7 Å². The number of unbranched alkanes of at least 4 members (excludes halogenated alkanes) is 1. The first-order valence-electron chi connectivity index (χ1n) is 4.88. The first-order valence-corrected chi connectivity index (χ1v) is 6.27. The Hall–Kier alpha value is 0.350. The van der Waals surface area contributed by atoms with Gasteiger partial charge < -0.3 is 11.1 Å². The lowest BCUT2D eigenvalue weighted by Gasteiger charge is -2.02. The van der Waals surface area contributed by atoms with Gasteiger partial charge in [-0.25, -0.2) is 0 Å². The van der Waals surface area contributed by atoms with Crippen LogP contribution in [0.5, 0.6) is 0 Å². The summed E-state index contributed by atoms with van der Waals surface area (Å²) in [6, 6.07) is 0.620. The highest BCUT2D eigenvalue weighted by Gasteiger charge is 2.21. The van der Waals surface area contributed by atoms with Gasteiger partial charge in [-0.05, 0) is 37.7 Å². The molecule has 0 heterocycles. The molecule has 1 fully saturated rings. The van der Waals surface area contributed by atoms with Crippen LogP contribution in [0.25, 0.3) is 0 Å². The lowest BCUT2D eigenvalue weighted by Crippen LogP contribution is -2.33. The maximum absolute atomic E-state index is 5.66. The number of nitrogens with two attached hydrogens (primary N) is 1. The first-order chi connectivity index (χ1) is 6.33. The normalized spacial score (nSPS) is 16.2. The van der Waals surface area contributed by atoms with Crippen LogP contribution in [0.2, 0.25) is 0 Å². The van der Waals surface area contributed by atoms with E-state index in [-0.39, 0.29) is 24.0 Å². The molecule has 0 bridgehead atoms. The molecular weight excluding hydrogens is 309 g/mol. The van der Waals surface area contributed by atoms with Gasteiger partial charge in [0.1, 0.15) is 0 Å². The highest BCUT2D eigenvalue weighted by atomic mass is 127. The Labute approximate surface area is 108 Å². The van der Waals surface area contributed by atoms with Gasteiger partial charge in [0.05, 0.1) is 0 Å². The van der Waals surface area contributed by atoms with E-state index in [1.54, 1.807) is 0 Å². The van der Waals surface area contributed by atoms with Crippen molar-refractivity contribution in [2.45, 2.75) is 31.7 Å².